The van der Waals surface area contributed by atoms with Crippen LogP contribution in [0.4, 0.5) is 9.59 Å². The molecule has 2 amide bonds. The van der Waals surface area contributed by atoms with Gasteiger partial charge in [-0.25, -0.2) is 9.59 Å². The molecule has 172 valence electrons. The van der Waals surface area contributed by atoms with Crippen LogP contribution in [-0.2, 0) is 9.47 Å². The zero-order valence-corrected chi connectivity index (χ0v) is 20.0. The standard InChI is InChI=1S/C11H22BNO2.C9H18BNO4/c1-11(2,3)15-10(14)13-8-6-7-9(13)12(4)5;1-9(2,3)15-8(12)11-6-4-5-7(11)10(13)14/h9H,6-8H2,1-5H3;7,13-14H,4-6H2,1-3H3/t9-;7-/m00/s1. The summed E-state index contributed by atoms with van der Waals surface area (Å²) in [6.07, 6.45) is 2.97. The monoisotopic (exact) mass is 426 g/mol. The highest BCUT2D eigenvalue weighted by Gasteiger charge is 2.39. The average Bonchev–Trinajstić information content (AvgIpc) is 3.22. The lowest BCUT2D eigenvalue weighted by Crippen LogP contribution is -2.47. The number of likely N-dealkylation sites (tertiary alicyclic amines) is 2. The molecule has 0 aromatic heterocycles. The molecule has 10 heteroatoms. The van der Waals surface area contributed by atoms with Gasteiger partial charge in [0.15, 0.2) is 6.71 Å². The van der Waals surface area contributed by atoms with Gasteiger partial charge in [-0.15, -0.1) is 0 Å². The summed E-state index contributed by atoms with van der Waals surface area (Å²) in [5, 5.41) is 18.2. The molecule has 0 saturated carbocycles. The molecule has 0 spiro atoms. The number of hydrogen-bond acceptors (Lipinski definition) is 6. The number of carbonyl (C=O) groups excluding carboxylic acids is 2. The zero-order chi connectivity index (χ0) is 23.3. The van der Waals surface area contributed by atoms with Gasteiger partial charge in [-0.1, -0.05) is 13.6 Å². The van der Waals surface area contributed by atoms with Crippen LogP contribution >= 0.6 is 0 Å². The molecule has 2 atom stereocenters. The molecule has 2 aliphatic heterocycles. The molecule has 30 heavy (non-hydrogen) atoms. The van der Waals surface area contributed by atoms with Gasteiger partial charge in [-0.05, 0) is 67.2 Å². The summed E-state index contributed by atoms with van der Waals surface area (Å²) in [6, 6.07) is 0. The highest BCUT2D eigenvalue weighted by Crippen LogP contribution is 2.23. The minimum absolute atomic E-state index is 0.154. The van der Waals surface area contributed by atoms with Crippen LogP contribution in [0.25, 0.3) is 0 Å². The molecule has 2 N–H and O–H groups in total. The van der Waals surface area contributed by atoms with Crippen molar-refractivity contribution in [2.45, 2.75) is 104 Å². The van der Waals surface area contributed by atoms with E-state index in [1.807, 2.05) is 25.7 Å². The van der Waals surface area contributed by atoms with Crippen molar-refractivity contribution in [1.82, 2.24) is 9.80 Å². The normalized spacial score (nSPS) is 21.7. The van der Waals surface area contributed by atoms with Crippen molar-refractivity contribution in [3.05, 3.63) is 0 Å². The third kappa shape index (κ3) is 8.76. The van der Waals surface area contributed by atoms with Crippen LogP contribution < -0.4 is 0 Å². The number of amides is 2. The van der Waals surface area contributed by atoms with E-state index in [0.29, 0.717) is 25.6 Å². The van der Waals surface area contributed by atoms with Gasteiger partial charge in [0.2, 0.25) is 0 Å². The van der Waals surface area contributed by atoms with Crippen LogP contribution in [0.1, 0.15) is 67.2 Å². The Morgan fingerprint density at radius 2 is 1.17 bits per heavy atom. The Morgan fingerprint density at radius 1 is 0.800 bits per heavy atom. The topological polar surface area (TPSA) is 99.5 Å². The van der Waals surface area contributed by atoms with E-state index in [0.717, 1.165) is 25.8 Å². The minimum atomic E-state index is -1.49. The maximum absolute atomic E-state index is 11.9. The van der Waals surface area contributed by atoms with Crippen LogP contribution in [-0.4, -0.2) is 82.0 Å². The number of hydrogen-bond donors (Lipinski definition) is 2. The lowest BCUT2D eigenvalue weighted by Gasteiger charge is -2.29. The van der Waals surface area contributed by atoms with Crippen LogP contribution in [0.15, 0.2) is 0 Å². The third-order valence-corrected chi connectivity index (χ3v) is 4.97. The van der Waals surface area contributed by atoms with Crippen molar-refractivity contribution >= 4 is 26.0 Å². The Morgan fingerprint density at radius 3 is 1.50 bits per heavy atom. The van der Waals surface area contributed by atoms with Crippen LogP contribution in [0.5, 0.6) is 0 Å². The largest absolute Gasteiger partial charge is 0.475 e. The van der Waals surface area contributed by atoms with E-state index >= 15 is 0 Å². The predicted molar refractivity (Wildman–Crippen MR) is 120 cm³/mol. The van der Waals surface area contributed by atoms with E-state index in [4.69, 9.17) is 19.5 Å². The molecule has 2 rings (SSSR count). The molecule has 0 aliphatic carbocycles. The summed E-state index contributed by atoms with van der Waals surface area (Å²) in [5.41, 5.74) is -0.939. The number of ether oxygens (including phenoxy) is 2. The van der Waals surface area contributed by atoms with Crippen molar-refractivity contribution in [3.8, 4) is 0 Å². The predicted octanol–water partition coefficient (Wildman–Crippen LogP) is 3.08. The lowest BCUT2D eigenvalue weighted by atomic mass is 9.48. The van der Waals surface area contributed by atoms with Crippen molar-refractivity contribution in [2.75, 3.05) is 13.1 Å². The second kappa shape index (κ2) is 10.8. The Hall–Kier alpha value is -1.41. The summed E-state index contributed by atoms with van der Waals surface area (Å²) in [6.45, 7) is 17.3. The average molecular weight is 426 g/mol. The highest BCUT2D eigenvalue weighted by molar-refractivity contribution is 6.57. The van der Waals surface area contributed by atoms with Gasteiger partial charge in [-0.2, -0.15) is 0 Å². The number of rotatable bonds is 2. The molecular weight excluding hydrogens is 386 g/mol. The highest BCUT2D eigenvalue weighted by atomic mass is 16.6. The van der Waals surface area contributed by atoms with E-state index in [1.54, 1.807) is 20.8 Å². The first kappa shape index (κ1) is 26.6. The fourth-order valence-corrected chi connectivity index (χ4v) is 3.68. The van der Waals surface area contributed by atoms with E-state index < -0.39 is 24.8 Å². The maximum atomic E-state index is 11.9. The molecule has 2 fully saturated rings. The molecule has 2 aliphatic rings. The fraction of sp³-hybridized carbons (Fsp3) is 0.900. The first-order valence-electron chi connectivity index (χ1n) is 11.0. The number of carbonyl (C=O) groups is 2. The molecule has 0 aromatic carbocycles. The van der Waals surface area contributed by atoms with Crippen molar-refractivity contribution in [3.63, 3.8) is 0 Å². The van der Waals surface area contributed by atoms with Crippen molar-refractivity contribution in [1.29, 1.82) is 0 Å². The van der Waals surface area contributed by atoms with E-state index in [2.05, 4.69) is 13.6 Å². The molecule has 0 aromatic rings. The first-order chi connectivity index (χ1) is 13.6. The van der Waals surface area contributed by atoms with Gasteiger partial charge in [0.1, 0.15) is 11.2 Å². The molecule has 8 nitrogen and oxygen atoms in total. The Labute approximate surface area is 182 Å². The summed E-state index contributed by atoms with van der Waals surface area (Å²) < 4.78 is 10.6. The number of nitrogens with zero attached hydrogens (tertiary/aromatic N) is 2. The second-order valence-corrected chi connectivity index (χ2v) is 10.4. The third-order valence-electron chi connectivity index (χ3n) is 4.97. The smallest absolute Gasteiger partial charge is 0.444 e. The maximum Gasteiger partial charge on any atom is 0.475 e. The van der Waals surface area contributed by atoms with Gasteiger partial charge in [0.25, 0.3) is 0 Å². The summed E-state index contributed by atoms with van der Waals surface area (Å²) >= 11 is 0. The van der Waals surface area contributed by atoms with Gasteiger partial charge < -0.3 is 29.3 Å². The summed E-state index contributed by atoms with van der Waals surface area (Å²) in [7, 11) is -1.49. The molecule has 2 saturated heterocycles. The van der Waals surface area contributed by atoms with Crippen LogP contribution in [0, 0.1) is 0 Å². The minimum Gasteiger partial charge on any atom is -0.444 e. The van der Waals surface area contributed by atoms with E-state index in [-0.39, 0.29) is 11.7 Å². The molecular formula is C20H40B2N2O6. The second-order valence-electron chi connectivity index (χ2n) is 10.4. The summed E-state index contributed by atoms with van der Waals surface area (Å²) in [5.74, 6) is -0.167. The summed E-state index contributed by atoms with van der Waals surface area (Å²) in [4.78, 5) is 26.8. The van der Waals surface area contributed by atoms with Crippen LogP contribution in [0.3, 0.4) is 0 Å². The Balaban J connectivity index is 0.000000300. The molecule has 2 heterocycles. The molecule has 0 bridgehead atoms. The quantitative estimate of drug-likeness (QED) is 0.659. The Bertz CT molecular complexity index is 525. The SMILES string of the molecule is CB(C)[C@@H]1CCCN1C(=O)OC(C)(C)C.CC(C)(C)OC(=O)N1CCC[C@H]1B(O)O. The van der Waals surface area contributed by atoms with Gasteiger partial charge >= 0.3 is 19.3 Å². The van der Waals surface area contributed by atoms with Gasteiger partial charge in [0.05, 0.1) is 5.94 Å². The Kier molecular flexibility index (Phi) is 9.54. The molecule has 0 unspecified atom stereocenters. The van der Waals surface area contributed by atoms with E-state index in [1.165, 1.54) is 4.90 Å². The first-order valence-corrected chi connectivity index (χ1v) is 11.0. The fourth-order valence-electron chi connectivity index (χ4n) is 3.68. The van der Waals surface area contributed by atoms with E-state index in [9.17, 15) is 9.59 Å². The van der Waals surface area contributed by atoms with Crippen molar-refractivity contribution in [2.24, 2.45) is 0 Å². The van der Waals surface area contributed by atoms with Gasteiger partial charge in [-0.3, -0.25) is 0 Å². The van der Waals surface area contributed by atoms with Crippen LogP contribution in [0.2, 0.25) is 13.6 Å². The van der Waals surface area contributed by atoms with Crippen molar-refractivity contribution < 1.29 is 29.1 Å². The molecule has 0 radical (unpaired) electrons. The zero-order valence-electron chi connectivity index (χ0n) is 20.0. The lowest BCUT2D eigenvalue weighted by molar-refractivity contribution is 0.0248. The van der Waals surface area contributed by atoms with Gasteiger partial charge in [0, 0.05) is 19.0 Å².